The zero-order valence-corrected chi connectivity index (χ0v) is 22.3. The van der Waals surface area contributed by atoms with Crippen LogP contribution in [-0.2, 0) is 0 Å². The highest BCUT2D eigenvalue weighted by Gasteiger charge is 2.10. The third kappa shape index (κ3) is 11.5. The zero-order chi connectivity index (χ0) is 25.3. The molecule has 0 heterocycles. The number of aryl methyl sites for hydroxylation is 1. The minimum absolute atomic E-state index is 0.148. The molecule has 0 saturated heterocycles. The summed E-state index contributed by atoms with van der Waals surface area (Å²) in [5, 5.41) is 8.55. The number of benzene rings is 2. The third-order valence-electron chi connectivity index (χ3n) is 5.72. The Morgan fingerprint density at radius 1 is 0.886 bits per heavy atom. The summed E-state index contributed by atoms with van der Waals surface area (Å²) in [6.07, 6.45) is 12.2. The van der Waals surface area contributed by atoms with Gasteiger partial charge in [-0.05, 0) is 61.6 Å². The predicted octanol–water partition coefficient (Wildman–Crippen LogP) is 7.25. The number of thioether (sulfide) groups is 1. The lowest BCUT2D eigenvalue weighted by atomic mass is 10.1. The highest BCUT2D eigenvalue weighted by atomic mass is 32.2. The van der Waals surface area contributed by atoms with Crippen molar-refractivity contribution in [3.63, 3.8) is 0 Å². The number of unbranched alkanes of at least 4 members (excludes halogenated alkanes) is 7. The number of carbonyl (C=O) groups is 2. The fraction of sp³-hybridized carbons (Fsp3) is 0.500. The number of hydrogen-bond acceptors (Lipinski definition) is 4. The number of hydrogen-bond donors (Lipinski definition) is 3. The molecule has 0 aliphatic heterocycles. The lowest BCUT2D eigenvalue weighted by Gasteiger charge is -2.12. The van der Waals surface area contributed by atoms with E-state index in [1.54, 1.807) is 23.9 Å². The van der Waals surface area contributed by atoms with Crippen molar-refractivity contribution in [3.8, 4) is 5.75 Å². The summed E-state index contributed by atoms with van der Waals surface area (Å²) < 4.78 is 5.83. The first kappa shape index (κ1) is 28.6. The van der Waals surface area contributed by atoms with Crippen LogP contribution < -0.4 is 20.7 Å². The molecule has 7 heteroatoms. The Hall–Kier alpha value is -2.67. The Bertz CT molecular complexity index is 903. The molecule has 0 radical (unpaired) electrons. The standard InChI is InChI=1S/C28H41N3O3S/c1-4-5-6-7-8-9-10-11-19-34-25-16-14-24(15-17-25)30-28(33)31-26-21-23(13-12-22(26)2)27(32)29-18-20-35-3/h12-17,21H,4-11,18-20H2,1-3H3,(H,29,32)(H2,30,31,33). The van der Waals surface area contributed by atoms with Gasteiger partial charge in [-0.25, -0.2) is 4.79 Å². The maximum Gasteiger partial charge on any atom is 0.323 e. The van der Waals surface area contributed by atoms with E-state index in [0.717, 1.165) is 23.5 Å². The first-order valence-electron chi connectivity index (χ1n) is 12.7. The van der Waals surface area contributed by atoms with Crippen molar-refractivity contribution in [1.29, 1.82) is 0 Å². The van der Waals surface area contributed by atoms with Crippen molar-refractivity contribution in [2.24, 2.45) is 0 Å². The first-order valence-corrected chi connectivity index (χ1v) is 14.1. The van der Waals surface area contributed by atoms with E-state index in [9.17, 15) is 9.59 Å². The molecule has 35 heavy (non-hydrogen) atoms. The van der Waals surface area contributed by atoms with Crippen molar-refractivity contribution >= 4 is 35.1 Å². The van der Waals surface area contributed by atoms with Gasteiger partial charge in [0.2, 0.25) is 0 Å². The fourth-order valence-corrected chi connectivity index (χ4v) is 3.92. The Labute approximate surface area is 215 Å². The summed E-state index contributed by atoms with van der Waals surface area (Å²) in [7, 11) is 0. The number of amides is 3. The Morgan fingerprint density at radius 2 is 1.57 bits per heavy atom. The maximum absolute atomic E-state index is 12.5. The lowest BCUT2D eigenvalue weighted by Crippen LogP contribution is -2.26. The monoisotopic (exact) mass is 499 g/mol. The molecule has 0 aromatic heterocycles. The third-order valence-corrected chi connectivity index (χ3v) is 6.33. The minimum Gasteiger partial charge on any atom is -0.494 e. The van der Waals surface area contributed by atoms with Crippen LogP contribution in [0.4, 0.5) is 16.2 Å². The molecular formula is C28H41N3O3S. The van der Waals surface area contributed by atoms with Gasteiger partial charge in [-0.3, -0.25) is 4.79 Å². The SMILES string of the molecule is CCCCCCCCCCOc1ccc(NC(=O)Nc2cc(C(=O)NCCSC)ccc2C)cc1. The van der Waals surface area contributed by atoms with Crippen LogP contribution in [-0.4, -0.2) is 37.1 Å². The molecule has 3 amide bonds. The lowest BCUT2D eigenvalue weighted by molar-refractivity contribution is 0.0956. The van der Waals surface area contributed by atoms with Crippen LogP contribution in [0.3, 0.4) is 0 Å². The van der Waals surface area contributed by atoms with Crippen LogP contribution in [0.25, 0.3) is 0 Å². The summed E-state index contributed by atoms with van der Waals surface area (Å²) in [6.45, 7) is 5.45. The second-order valence-electron chi connectivity index (χ2n) is 8.71. The molecule has 0 saturated carbocycles. The largest absolute Gasteiger partial charge is 0.494 e. The summed E-state index contributed by atoms with van der Waals surface area (Å²) in [5.74, 6) is 1.51. The van der Waals surface area contributed by atoms with Gasteiger partial charge in [0.15, 0.2) is 0 Å². The Kier molecular flexibility index (Phi) is 13.8. The van der Waals surface area contributed by atoms with Gasteiger partial charge < -0.3 is 20.7 Å². The van der Waals surface area contributed by atoms with Crippen LogP contribution in [0.1, 0.15) is 74.2 Å². The highest BCUT2D eigenvalue weighted by Crippen LogP contribution is 2.19. The molecule has 0 aliphatic carbocycles. The highest BCUT2D eigenvalue weighted by molar-refractivity contribution is 7.98. The number of nitrogens with one attached hydrogen (secondary N) is 3. The summed E-state index contributed by atoms with van der Waals surface area (Å²) in [4.78, 5) is 24.8. The van der Waals surface area contributed by atoms with Crippen LogP contribution in [0.15, 0.2) is 42.5 Å². The summed E-state index contributed by atoms with van der Waals surface area (Å²) >= 11 is 1.68. The molecule has 192 valence electrons. The Morgan fingerprint density at radius 3 is 2.26 bits per heavy atom. The molecule has 3 N–H and O–H groups in total. The smallest absolute Gasteiger partial charge is 0.323 e. The molecule has 0 fully saturated rings. The molecule has 0 spiro atoms. The van der Waals surface area contributed by atoms with Crippen molar-refractivity contribution in [2.75, 3.05) is 35.8 Å². The van der Waals surface area contributed by atoms with Crippen LogP contribution >= 0.6 is 11.8 Å². The van der Waals surface area contributed by atoms with Gasteiger partial charge in [-0.2, -0.15) is 11.8 Å². The van der Waals surface area contributed by atoms with Crippen LogP contribution in [0.5, 0.6) is 5.75 Å². The molecule has 6 nitrogen and oxygen atoms in total. The number of anilines is 2. The van der Waals surface area contributed by atoms with E-state index in [0.29, 0.717) is 30.1 Å². The number of carbonyl (C=O) groups excluding carboxylic acids is 2. The summed E-state index contributed by atoms with van der Waals surface area (Å²) in [5.41, 5.74) is 2.67. The van der Waals surface area contributed by atoms with Crippen LogP contribution in [0, 0.1) is 6.92 Å². The molecule has 2 rings (SSSR count). The molecule has 2 aromatic carbocycles. The van der Waals surface area contributed by atoms with E-state index in [-0.39, 0.29) is 11.9 Å². The van der Waals surface area contributed by atoms with Gasteiger partial charge in [0.1, 0.15) is 5.75 Å². The van der Waals surface area contributed by atoms with Gasteiger partial charge >= 0.3 is 6.03 Å². The van der Waals surface area contributed by atoms with Gasteiger partial charge in [0.05, 0.1) is 6.61 Å². The van der Waals surface area contributed by atoms with Crippen molar-refractivity contribution < 1.29 is 14.3 Å². The van der Waals surface area contributed by atoms with Gasteiger partial charge in [-0.1, -0.05) is 57.9 Å². The van der Waals surface area contributed by atoms with E-state index in [2.05, 4.69) is 22.9 Å². The van der Waals surface area contributed by atoms with E-state index in [1.165, 1.54) is 44.9 Å². The van der Waals surface area contributed by atoms with E-state index >= 15 is 0 Å². The first-order chi connectivity index (χ1) is 17.0. The molecule has 0 atom stereocenters. The minimum atomic E-state index is -0.361. The van der Waals surface area contributed by atoms with Gasteiger partial charge in [0, 0.05) is 29.2 Å². The number of urea groups is 1. The second kappa shape index (κ2) is 16.9. The van der Waals surface area contributed by atoms with E-state index in [1.807, 2.05) is 43.5 Å². The molecule has 0 aliphatic rings. The normalized spacial score (nSPS) is 10.6. The second-order valence-corrected chi connectivity index (χ2v) is 9.69. The number of ether oxygens (including phenoxy) is 1. The average Bonchev–Trinajstić information content (AvgIpc) is 2.85. The Balaban J connectivity index is 1.74. The maximum atomic E-state index is 12.5. The topological polar surface area (TPSA) is 79.5 Å². The molecule has 0 unspecified atom stereocenters. The predicted molar refractivity (Wildman–Crippen MR) is 149 cm³/mol. The quantitative estimate of drug-likeness (QED) is 0.213. The molecule has 2 aromatic rings. The van der Waals surface area contributed by atoms with Gasteiger partial charge in [0.25, 0.3) is 5.91 Å². The average molecular weight is 500 g/mol. The van der Waals surface area contributed by atoms with E-state index in [4.69, 9.17) is 4.74 Å². The molecular weight excluding hydrogens is 458 g/mol. The van der Waals surface area contributed by atoms with E-state index < -0.39 is 0 Å². The van der Waals surface area contributed by atoms with Crippen molar-refractivity contribution in [1.82, 2.24) is 5.32 Å². The van der Waals surface area contributed by atoms with Crippen LogP contribution in [0.2, 0.25) is 0 Å². The fourth-order valence-electron chi connectivity index (χ4n) is 3.61. The zero-order valence-electron chi connectivity index (χ0n) is 21.5. The van der Waals surface area contributed by atoms with Crippen molar-refractivity contribution in [3.05, 3.63) is 53.6 Å². The van der Waals surface area contributed by atoms with Gasteiger partial charge in [-0.15, -0.1) is 0 Å². The van der Waals surface area contributed by atoms with Crippen molar-refractivity contribution in [2.45, 2.75) is 65.2 Å². The summed E-state index contributed by atoms with van der Waals surface area (Å²) in [6, 6.07) is 12.3. The number of rotatable bonds is 16. The molecule has 0 bridgehead atoms.